The third-order valence-corrected chi connectivity index (χ3v) is 9.16. The van der Waals surface area contributed by atoms with Crippen LogP contribution in [0.25, 0.3) is 11.0 Å². The fourth-order valence-corrected chi connectivity index (χ4v) is 6.55. The summed E-state index contributed by atoms with van der Waals surface area (Å²) < 4.78 is 50.2. The first-order chi connectivity index (χ1) is 20.0. The Kier molecular flexibility index (Phi) is 8.88. The first-order valence-electron chi connectivity index (χ1n) is 14.1. The SMILES string of the molecule is Cc1ccccc1S(=O)(=O)O.Cc1nc2n(c(=O)c1CCN1CCC(c3noc4cc(F)ccc34)CC1)CCCC2O. The van der Waals surface area contributed by atoms with Crippen LogP contribution in [-0.4, -0.2) is 57.3 Å². The van der Waals surface area contributed by atoms with E-state index in [4.69, 9.17) is 9.08 Å². The Morgan fingerprint density at radius 2 is 1.81 bits per heavy atom. The molecule has 4 heterocycles. The van der Waals surface area contributed by atoms with Crippen molar-refractivity contribution in [2.75, 3.05) is 19.6 Å². The van der Waals surface area contributed by atoms with E-state index in [1.165, 1.54) is 18.2 Å². The van der Waals surface area contributed by atoms with Gasteiger partial charge in [0, 0.05) is 41.7 Å². The number of aryl methyl sites for hydroxylation is 2. The van der Waals surface area contributed by atoms with Crippen LogP contribution in [0.3, 0.4) is 0 Å². The number of aliphatic hydroxyl groups is 1. The Balaban J connectivity index is 0.000000271. The molecule has 0 bridgehead atoms. The minimum absolute atomic E-state index is 0.00237. The number of rotatable bonds is 5. The van der Waals surface area contributed by atoms with Crippen molar-refractivity contribution in [1.82, 2.24) is 19.6 Å². The van der Waals surface area contributed by atoms with Crippen molar-refractivity contribution in [3.8, 4) is 0 Å². The number of piperidine rings is 1. The van der Waals surface area contributed by atoms with Crippen LogP contribution in [0.1, 0.15) is 66.0 Å². The summed E-state index contributed by atoms with van der Waals surface area (Å²) in [4.78, 5) is 19.8. The molecule has 2 aromatic heterocycles. The first-order valence-corrected chi connectivity index (χ1v) is 15.6. The van der Waals surface area contributed by atoms with Crippen molar-refractivity contribution in [1.29, 1.82) is 0 Å². The van der Waals surface area contributed by atoms with Gasteiger partial charge in [-0.15, -0.1) is 0 Å². The zero-order valence-corrected chi connectivity index (χ0v) is 24.5. The molecule has 0 spiro atoms. The van der Waals surface area contributed by atoms with Crippen LogP contribution >= 0.6 is 0 Å². The van der Waals surface area contributed by atoms with Gasteiger partial charge in [-0.2, -0.15) is 8.42 Å². The molecule has 2 aliphatic rings. The Bertz CT molecular complexity index is 1740. The van der Waals surface area contributed by atoms with Crippen LogP contribution < -0.4 is 5.56 Å². The maximum Gasteiger partial charge on any atom is 0.294 e. The molecule has 1 unspecified atom stereocenters. The average molecular weight is 599 g/mol. The van der Waals surface area contributed by atoms with Gasteiger partial charge in [-0.05, 0) is 82.8 Å². The fourth-order valence-electron chi connectivity index (χ4n) is 5.82. The molecule has 0 amide bonds. The molecule has 6 rings (SSSR count). The van der Waals surface area contributed by atoms with Gasteiger partial charge >= 0.3 is 0 Å². The molecule has 42 heavy (non-hydrogen) atoms. The smallest absolute Gasteiger partial charge is 0.294 e. The summed E-state index contributed by atoms with van der Waals surface area (Å²) in [6, 6.07) is 10.9. The molecule has 2 aromatic carbocycles. The van der Waals surface area contributed by atoms with E-state index in [-0.39, 0.29) is 16.3 Å². The van der Waals surface area contributed by atoms with Gasteiger partial charge in [0.2, 0.25) is 0 Å². The van der Waals surface area contributed by atoms with Crippen LogP contribution in [0.15, 0.2) is 56.7 Å². The Morgan fingerprint density at radius 3 is 2.50 bits per heavy atom. The van der Waals surface area contributed by atoms with Crippen LogP contribution in [0.5, 0.6) is 0 Å². The van der Waals surface area contributed by atoms with Crippen molar-refractivity contribution in [2.24, 2.45) is 0 Å². The van der Waals surface area contributed by atoms with Crippen molar-refractivity contribution >= 4 is 21.1 Å². The minimum Gasteiger partial charge on any atom is -0.385 e. The third-order valence-electron chi connectivity index (χ3n) is 8.14. The number of aromatic nitrogens is 3. The van der Waals surface area contributed by atoms with E-state index in [1.54, 1.807) is 35.8 Å². The van der Waals surface area contributed by atoms with Gasteiger partial charge in [0.1, 0.15) is 17.7 Å². The largest absolute Gasteiger partial charge is 0.385 e. The van der Waals surface area contributed by atoms with E-state index < -0.39 is 16.2 Å². The van der Waals surface area contributed by atoms with Gasteiger partial charge in [-0.25, -0.2) is 9.37 Å². The van der Waals surface area contributed by atoms with Crippen molar-refractivity contribution in [3.05, 3.63) is 87.0 Å². The van der Waals surface area contributed by atoms with Crippen LogP contribution in [0.4, 0.5) is 4.39 Å². The number of hydrogen-bond donors (Lipinski definition) is 2. The van der Waals surface area contributed by atoms with Gasteiger partial charge < -0.3 is 14.5 Å². The van der Waals surface area contributed by atoms with Gasteiger partial charge in [-0.1, -0.05) is 23.4 Å². The predicted octanol–water partition coefficient (Wildman–Crippen LogP) is 4.32. The van der Waals surface area contributed by atoms with Crippen LogP contribution in [-0.2, 0) is 23.1 Å². The summed E-state index contributed by atoms with van der Waals surface area (Å²) in [5.41, 5.74) is 3.45. The molecule has 12 heteroatoms. The minimum atomic E-state index is -4.03. The number of hydrogen-bond acceptors (Lipinski definition) is 8. The van der Waals surface area contributed by atoms with Crippen LogP contribution in [0.2, 0.25) is 0 Å². The molecule has 1 atom stereocenters. The lowest BCUT2D eigenvalue weighted by Gasteiger charge is -2.31. The normalized spacial score (nSPS) is 18.0. The fraction of sp³-hybridized carbons (Fsp3) is 0.433. The van der Waals surface area contributed by atoms with E-state index in [9.17, 15) is 22.7 Å². The Labute approximate surface area is 243 Å². The summed E-state index contributed by atoms with van der Waals surface area (Å²) in [6.45, 7) is 6.76. The van der Waals surface area contributed by atoms with Crippen molar-refractivity contribution in [2.45, 2.75) is 69.4 Å². The van der Waals surface area contributed by atoms with E-state index in [0.717, 1.165) is 61.2 Å². The lowest BCUT2D eigenvalue weighted by atomic mass is 9.91. The molecular formula is C30H35FN4O6S. The first kappa shape index (κ1) is 30.0. The molecule has 2 aliphatic heterocycles. The quantitative estimate of drug-likeness (QED) is 0.322. The van der Waals surface area contributed by atoms with Crippen molar-refractivity contribution in [3.63, 3.8) is 0 Å². The van der Waals surface area contributed by atoms with Gasteiger partial charge in [0.15, 0.2) is 5.58 Å². The van der Waals surface area contributed by atoms with Gasteiger partial charge in [0.25, 0.3) is 15.7 Å². The molecule has 4 aromatic rings. The van der Waals surface area contributed by atoms with Crippen molar-refractivity contribution < 1.29 is 27.0 Å². The highest BCUT2D eigenvalue weighted by molar-refractivity contribution is 7.85. The monoisotopic (exact) mass is 598 g/mol. The maximum absolute atomic E-state index is 13.4. The average Bonchev–Trinajstić information content (AvgIpc) is 3.37. The lowest BCUT2D eigenvalue weighted by molar-refractivity contribution is 0.129. The molecule has 224 valence electrons. The summed E-state index contributed by atoms with van der Waals surface area (Å²) >= 11 is 0. The van der Waals surface area contributed by atoms with E-state index in [1.807, 2.05) is 6.92 Å². The highest BCUT2D eigenvalue weighted by Crippen LogP contribution is 2.33. The van der Waals surface area contributed by atoms with Crippen LogP contribution in [0, 0.1) is 19.7 Å². The topological polar surface area (TPSA) is 139 Å². The second-order valence-electron chi connectivity index (χ2n) is 11.0. The van der Waals surface area contributed by atoms with E-state index >= 15 is 0 Å². The Hall–Kier alpha value is -3.45. The number of halogens is 1. The molecule has 1 fully saturated rings. The molecule has 0 saturated carbocycles. The highest BCUT2D eigenvalue weighted by Gasteiger charge is 2.27. The second kappa shape index (κ2) is 12.4. The summed E-state index contributed by atoms with van der Waals surface area (Å²) in [7, 11) is -4.03. The van der Waals surface area contributed by atoms with E-state index in [2.05, 4.69) is 15.0 Å². The standard InChI is InChI=1S/C23H27FN4O3.C7H8O3S/c1-14-17(23(30)28-9-2-3-19(29)22(28)25-14)8-12-27-10-6-15(7-11-27)21-18-5-4-16(24)13-20(18)31-26-21;1-6-4-2-3-5-7(6)11(8,9)10/h4-5,13,15,19,29H,2-3,6-12H2,1H3;2-5H,1H3,(H,8,9,10). The van der Waals surface area contributed by atoms with Gasteiger partial charge in [-0.3, -0.25) is 13.9 Å². The predicted molar refractivity (Wildman–Crippen MR) is 155 cm³/mol. The highest BCUT2D eigenvalue weighted by atomic mass is 32.2. The molecule has 0 aliphatic carbocycles. The number of likely N-dealkylation sites (tertiary alicyclic amines) is 1. The number of nitrogens with zero attached hydrogens (tertiary/aromatic N) is 4. The summed E-state index contributed by atoms with van der Waals surface area (Å²) in [5, 5.41) is 15.3. The molecule has 10 nitrogen and oxygen atoms in total. The lowest BCUT2D eigenvalue weighted by Crippen LogP contribution is -2.37. The second-order valence-corrected chi connectivity index (χ2v) is 12.4. The zero-order valence-electron chi connectivity index (χ0n) is 23.7. The number of fused-ring (bicyclic) bond motifs is 2. The molecule has 0 radical (unpaired) electrons. The van der Waals surface area contributed by atoms with Gasteiger partial charge in [0.05, 0.1) is 10.6 Å². The Morgan fingerprint density at radius 1 is 1.07 bits per heavy atom. The molecular weight excluding hydrogens is 563 g/mol. The summed E-state index contributed by atoms with van der Waals surface area (Å²) in [5.74, 6) is 0.489. The molecule has 2 N–H and O–H groups in total. The third kappa shape index (κ3) is 6.46. The molecule has 1 saturated heterocycles. The number of aliphatic hydroxyl groups excluding tert-OH is 1. The van der Waals surface area contributed by atoms with E-state index in [0.29, 0.717) is 42.3 Å². The maximum atomic E-state index is 13.4. The number of benzene rings is 2. The zero-order chi connectivity index (χ0) is 30.0. The summed E-state index contributed by atoms with van der Waals surface area (Å²) in [6.07, 6.45) is 3.38.